The lowest BCUT2D eigenvalue weighted by Gasteiger charge is -2.47. The lowest BCUT2D eigenvalue weighted by Crippen LogP contribution is -2.54. The van der Waals surface area contributed by atoms with Crippen LogP contribution in [0.3, 0.4) is 0 Å². The summed E-state index contributed by atoms with van der Waals surface area (Å²) in [6.45, 7) is 0.526. The zero-order valence-electron chi connectivity index (χ0n) is 12.0. The molecule has 0 aliphatic heterocycles. The number of nitrogens with zero attached hydrogens (tertiary/aromatic N) is 3. The topological polar surface area (TPSA) is 79.1 Å². The van der Waals surface area contributed by atoms with E-state index in [4.69, 9.17) is 5.84 Å². The van der Waals surface area contributed by atoms with E-state index in [9.17, 15) is 13.2 Å². The number of rotatable bonds is 5. The molecule has 118 valence electrons. The van der Waals surface area contributed by atoms with Crippen LogP contribution < -0.4 is 16.6 Å². The first kappa shape index (κ1) is 15.8. The molecule has 4 N–H and O–H groups in total. The monoisotopic (exact) mass is 304 g/mol. The quantitative estimate of drug-likeness (QED) is 0.567. The van der Waals surface area contributed by atoms with Crippen LogP contribution in [0.4, 0.5) is 24.9 Å². The van der Waals surface area contributed by atoms with Gasteiger partial charge in [-0.1, -0.05) is 0 Å². The second-order valence-electron chi connectivity index (χ2n) is 5.43. The van der Waals surface area contributed by atoms with E-state index in [1.807, 2.05) is 14.1 Å². The molecule has 6 nitrogen and oxygen atoms in total. The fraction of sp³-hybridized carbons (Fsp3) is 0.667. The number of anilines is 2. The van der Waals surface area contributed by atoms with Gasteiger partial charge in [-0.25, -0.2) is 10.8 Å². The molecule has 0 aromatic carbocycles. The standard InChI is InChI=1S/C12H19F3N6/c1-21(2)11(4-3-5-11)7-17-9-6-8(12(13,14)15)18-10(19-9)20-16/h6H,3-5,7,16H2,1-2H3,(H2,17,18,19,20). The van der Waals surface area contributed by atoms with Crippen LogP contribution in [-0.4, -0.2) is 41.0 Å². The Kier molecular flexibility index (Phi) is 4.24. The van der Waals surface area contributed by atoms with Gasteiger partial charge in [0.15, 0.2) is 5.69 Å². The maximum atomic E-state index is 12.8. The Hall–Kier alpha value is -1.61. The number of likely N-dealkylation sites (N-methyl/N-ethyl adjacent to an activating group) is 1. The third-order valence-electron chi connectivity index (χ3n) is 3.98. The third-order valence-corrected chi connectivity index (χ3v) is 3.98. The maximum absolute atomic E-state index is 12.8. The average Bonchev–Trinajstić information content (AvgIpc) is 2.35. The first-order valence-corrected chi connectivity index (χ1v) is 6.61. The van der Waals surface area contributed by atoms with E-state index >= 15 is 0 Å². The summed E-state index contributed by atoms with van der Waals surface area (Å²) in [6.07, 6.45) is -1.41. The van der Waals surface area contributed by atoms with Crippen molar-refractivity contribution in [3.05, 3.63) is 11.8 Å². The predicted octanol–water partition coefficient (Wildman–Crippen LogP) is 1.68. The van der Waals surface area contributed by atoms with Crippen LogP contribution in [0, 0.1) is 0 Å². The molecule has 0 spiro atoms. The molecule has 1 saturated carbocycles. The van der Waals surface area contributed by atoms with E-state index in [1.54, 1.807) is 0 Å². The van der Waals surface area contributed by atoms with Gasteiger partial charge in [-0.05, 0) is 33.4 Å². The minimum Gasteiger partial charge on any atom is -0.368 e. The Bertz CT molecular complexity index is 498. The normalized spacial score (nSPS) is 17.5. The number of halogens is 3. The smallest absolute Gasteiger partial charge is 0.368 e. The van der Waals surface area contributed by atoms with Crippen LogP contribution in [0.5, 0.6) is 0 Å². The van der Waals surface area contributed by atoms with Crippen molar-refractivity contribution in [3.8, 4) is 0 Å². The minimum atomic E-state index is -4.54. The van der Waals surface area contributed by atoms with Crippen molar-refractivity contribution in [3.63, 3.8) is 0 Å². The molecule has 1 aromatic heterocycles. The van der Waals surface area contributed by atoms with Crippen molar-refractivity contribution in [2.24, 2.45) is 5.84 Å². The third kappa shape index (κ3) is 3.35. The van der Waals surface area contributed by atoms with Crippen molar-refractivity contribution in [2.75, 3.05) is 31.4 Å². The second-order valence-corrected chi connectivity index (χ2v) is 5.43. The van der Waals surface area contributed by atoms with Crippen molar-refractivity contribution in [2.45, 2.75) is 31.0 Å². The maximum Gasteiger partial charge on any atom is 0.433 e. The molecule has 0 amide bonds. The first-order valence-electron chi connectivity index (χ1n) is 6.61. The highest BCUT2D eigenvalue weighted by atomic mass is 19.4. The summed E-state index contributed by atoms with van der Waals surface area (Å²) in [4.78, 5) is 9.32. The van der Waals surface area contributed by atoms with Crippen LogP contribution in [0.25, 0.3) is 0 Å². The van der Waals surface area contributed by atoms with E-state index in [0.29, 0.717) is 6.54 Å². The van der Waals surface area contributed by atoms with Gasteiger partial charge in [0.2, 0.25) is 5.95 Å². The van der Waals surface area contributed by atoms with E-state index in [1.165, 1.54) is 0 Å². The molecule has 1 aliphatic rings. The fourth-order valence-corrected chi connectivity index (χ4v) is 2.37. The van der Waals surface area contributed by atoms with Gasteiger partial charge in [0.05, 0.1) is 0 Å². The molecule has 0 atom stereocenters. The van der Waals surface area contributed by atoms with Gasteiger partial charge in [0.25, 0.3) is 0 Å². The Balaban J connectivity index is 2.16. The summed E-state index contributed by atoms with van der Waals surface area (Å²) in [6, 6.07) is 0.892. The van der Waals surface area contributed by atoms with Gasteiger partial charge < -0.3 is 10.2 Å². The van der Waals surface area contributed by atoms with Crippen LogP contribution in [0.2, 0.25) is 0 Å². The molecule has 0 bridgehead atoms. The lowest BCUT2D eigenvalue weighted by atomic mass is 9.75. The van der Waals surface area contributed by atoms with E-state index in [0.717, 1.165) is 25.3 Å². The number of alkyl halides is 3. The van der Waals surface area contributed by atoms with Crippen molar-refractivity contribution in [1.82, 2.24) is 14.9 Å². The second kappa shape index (κ2) is 5.64. The number of hydrazine groups is 1. The van der Waals surface area contributed by atoms with Gasteiger partial charge in [-0.15, -0.1) is 0 Å². The Morgan fingerprint density at radius 2 is 2.00 bits per heavy atom. The molecule has 1 heterocycles. The minimum absolute atomic E-state index is 0.0281. The highest BCUT2D eigenvalue weighted by Crippen LogP contribution is 2.36. The Morgan fingerprint density at radius 3 is 2.43 bits per heavy atom. The molecular formula is C12H19F3N6. The number of nitrogen functional groups attached to an aromatic ring is 1. The largest absolute Gasteiger partial charge is 0.433 e. The summed E-state index contributed by atoms with van der Waals surface area (Å²) >= 11 is 0. The number of nitrogens with one attached hydrogen (secondary N) is 2. The molecule has 0 unspecified atom stereocenters. The van der Waals surface area contributed by atoms with Crippen molar-refractivity contribution < 1.29 is 13.2 Å². The molecule has 1 aromatic rings. The molecule has 1 aliphatic carbocycles. The van der Waals surface area contributed by atoms with Crippen LogP contribution in [0.1, 0.15) is 25.0 Å². The van der Waals surface area contributed by atoms with Crippen LogP contribution >= 0.6 is 0 Å². The summed E-state index contributed by atoms with van der Waals surface area (Å²) in [5.74, 6) is 4.97. The van der Waals surface area contributed by atoms with E-state index in [2.05, 4.69) is 25.6 Å². The molecule has 0 radical (unpaired) electrons. The molecule has 21 heavy (non-hydrogen) atoms. The Labute approximate surface area is 120 Å². The fourth-order valence-electron chi connectivity index (χ4n) is 2.37. The number of hydrogen-bond acceptors (Lipinski definition) is 6. The van der Waals surface area contributed by atoms with E-state index in [-0.39, 0.29) is 17.3 Å². The van der Waals surface area contributed by atoms with Gasteiger partial charge in [0.1, 0.15) is 5.82 Å². The van der Waals surface area contributed by atoms with Crippen LogP contribution in [0.15, 0.2) is 6.07 Å². The number of hydrogen-bond donors (Lipinski definition) is 3. The summed E-state index contributed by atoms with van der Waals surface area (Å²) in [5.41, 5.74) is 1.000. The highest BCUT2D eigenvalue weighted by molar-refractivity contribution is 5.43. The molecular weight excluding hydrogens is 285 g/mol. The van der Waals surface area contributed by atoms with Crippen LogP contribution in [-0.2, 0) is 6.18 Å². The highest BCUT2D eigenvalue weighted by Gasteiger charge is 2.39. The van der Waals surface area contributed by atoms with E-state index < -0.39 is 11.9 Å². The zero-order valence-corrected chi connectivity index (χ0v) is 12.0. The lowest BCUT2D eigenvalue weighted by molar-refractivity contribution is -0.141. The van der Waals surface area contributed by atoms with Crippen molar-refractivity contribution in [1.29, 1.82) is 0 Å². The molecule has 1 fully saturated rings. The summed E-state index contributed by atoms with van der Waals surface area (Å²) in [5, 5.41) is 2.97. The molecule has 9 heteroatoms. The Morgan fingerprint density at radius 1 is 1.33 bits per heavy atom. The van der Waals surface area contributed by atoms with Gasteiger partial charge in [-0.2, -0.15) is 18.2 Å². The molecule has 0 saturated heterocycles. The SMILES string of the molecule is CN(C)C1(CNc2cc(C(F)(F)F)nc(NN)n2)CCC1. The van der Waals surface area contributed by atoms with Gasteiger partial charge in [0, 0.05) is 18.2 Å². The zero-order chi connectivity index (χ0) is 15.7. The van der Waals surface area contributed by atoms with Gasteiger partial charge >= 0.3 is 6.18 Å². The number of nitrogens with two attached hydrogens (primary N) is 1. The first-order chi connectivity index (χ1) is 9.77. The summed E-state index contributed by atoms with van der Waals surface area (Å²) < 4.78 is 38.3. The summed E-state index contributed by atoms with van der Waals surface area (Å²) in [7, 11) is 3.93. The molecule has 2 rings (SSSR count). The average molecular weight is 304 g/mol. The van der Waals surface area contributed by atoms with Gasteiger partial charge in [-0.3, -0.25) is 5.43 Å². The number of aromatic nitrogens is 2. The van der Waals surface area contributed by atoms with Crippen molar-refractivity contribution >= 4 is 11.8 Å². The predicted molar refractivity (Wildman–Crippen MR) is 73.6 cm³/mol.